The molecule has 4 nitrogen and oxygen atoms in total. The van der Waals surface area contributed by atoms with Crippen LogP contribution in [0.2, 0.25) is 0 Å². The molecule has 0 aromatic rings. The number of likely N-dealkylation sites (N-methyl/N-ethyl adjacent to an activating group) is 1. The van der Waals surface area contributed by atoms with E-state index >= 15 is 0 Å². The molecule has 2 aliphatic heterocycles. The third kappa shape index (κ3) is 3.61. The van der Waals surface area contributed by atoms with E-state index in [1.54, 1.807) is 0 Å². The summed E-state index contributed by atoms with van der Waals surface area (Å²) in [6.07, 6.45) is 0.331. The summed E-state index contributed by atoms with van der Waals surface area (Å²) < 4.78 is 12.2. The Morgan fingerprint density at radius 1 is 1.14 bits per heavy atom. The van der Waals surface area contributed by atoms with Crippen LogP contribution in [0.3, 0.4) is 0 Å². The molecule has 4 unspecified atom stereocenters. The van der Waals surface area contributed by atoms with E-state index in [4.69, 9.17) is 9.47 Å². The summed E-state index contributed by atoms with van der Waals surface area (Å²) >= 11 is 0. The van der Waals surface area contributed by atoms with Crippen LogP contribution in [0, 0.1) is 5.92 Å². The van der Waals surface area contributed by atoms with Gasteiger partial charge in [-0.2, -0.15) is 0 Å². The molecular weight excluding hydrogens is 264 g/mol. The molecule has 2 aliphatic rings. The van der Waals surface area contributed by atoms with Gasteiger partial charge in [0, 0.05) is 31.1 Å². The highest BCUT2D eigenvalue weighted by Crippen LogP contribution is 2.43. The van der Waals surface area contributed by atoms with E-state index in [-0.39, 0.29) is 11.2 Å². The zero-order valence-electron chi connectivity index (χ0n) is 14.9. The fraction of sp³-hybridized carbons (Fsp3) is 1.00. The molecule has 2 saturated heterocycles. The van der Waals surface area contributed by atoms with Gasteiger partial charge in [-0.1, -0.05) is 6.92 Å². The molecule has 2 heterocycles. The van der Waals surface area contributed by atoms with Crippen LogP contribution in [-0.2, 0) is 9.47 Å². The van der Waals surface area contributed by atoms with E-state index in [1.165, 1.54) is 0 Å². The van der Waals surface area contributed by atoms with Gasteiger partial charge in [-0.25, -0.2) is 0 Å². The quantitative estimate of drug-likeness (QED) is 0.863. The molecule has 4 heteroatoms. The Bertz CT molecular complexity index is 357. The molecule has 2 rings (SSSR count). The van der Waals surface area contributed by atoms with Crippen LogP contribution in [0.5, 0.6) is 0 Å². The Labute approximate surface area is 130 Å². The lowest BCUT2D eigenvalue weighted by Crippen LogP contribution is -2.55. The topological polar surface area (TPSA) is 33.7 Å². The molecule has 0 radical (unpaired) electrons. The molecule has 0 spiro atoms. The van der Waals surface area contributed by atoms with Crippen molar-refractivity contribution in [1.82, 2.24) is 10.2 Å². The van der Waals surface area contributed by atoms with Gasteiger partial charge < -0.3 is 14.8 Å². The van der Waals surface area contributed by atoms with Gasteiger partial charge in [0.15, 0.2) is 0 Å². The van der Waals surface area contributed by atoms with Crippen molar-refractivity contribution in [2.24, 2.45) is 5.92 Å². The van der Waals surface area contributed by atoms with E-state index in [1.807, 2.05) is 0 Å². The third-order valence-electron chi connectivity index (χ3n) is 5.16. The van der Waals surface area contributed by atoms with Crippen LogP contribution in [0.25, 0.3) is 0 Å². The Morgan fingerprint density at radius 2 is 1.81 bits per heavy atom. The minimum atomic E-state index is -0.120. The molecule has 4 atom stereocenters. The van der Waals surface area contributed by atoms with Crippen molar-refractivity contribution in [2.45, 2.75) is 77.9 Å². The predicted octanol–water partition coefficient (Wildman–Crippen LogP) is 2.28. The largest absolute Gasteiger partial charge is 0.376 e. The minimum Gasteiger partial charge on any atom is -0.376 e. The second-order valence-corrected chi connectivity index (χ2v) is 7.90. The number of rotatable bonds is 4. The number of ether oxygens (including phenoxy) is 2. The number of nitrogens with one attached hydrogen (secondary N) is 1. The maximum absolute atomic E-state index is 6.40. The zero-order chi connectivity index (χ0) is 15.8. The first-order valence-electron chi connectivity index (χ1n) is 8.46. The van der Waals surface area contributed by atoms with Crippen molar-refractivity contribution in [2.75, 3.05) is 26.2 Å². The standard InChI is InChI=1S/C17H34N2O2/c1-8-18-15-14(16(4,5)21-17(15,6)7)10-19-9-13(3)20-11-12(19)2/h12-15,18H,8-11H2,1-7H3. The van der Waals surface area contributed by atoms with Crippen molar-refractivity contribution in [3.8, 4) is 0 Å². The average Bonchev–Trinajstić information content (AvgIpc) is 2.52. The van der Waals surface area contributed by atoms with Gasteiger partial charge in [0.05, 0.1) is 23.9 Å². The lowest BCUT2D eigenvalue weighted by molar-refractivity contribution is -0.0891. The molecule has 0 bridgehead atoms. The summed E-state index contributed by atoms with van der Waals surface area (Å²) in [7, 11) is 0. The van der Waals surface area contributed by atoms with E-state index < -0.39 is 0 Å². The maximum atomic E-state index is 6.40. The number of hydrogen-bond donors (Lipinski definition) is 1. The van der Waals surface area contributed by atoms with Gasteiger partial charge in [-0.15, -0.1) is 0 Å². The van der Waals surface area contributed by atoms with Crippen LogP contribution < -0.4 is 5.32 Å². The van der Waals surface area contributed by atoms with Crippen molar-refractivity contribution in [3.05, 3.63) is 0 Å². The van der Waals surface area contributed by atoms with Crippen molar-refractivity contribution in [1.29, 1.82) is 0 Å². The van der Waals surface area contributed by atoms with Crippen molar-refractivity contribution in [3.63, 3.8) is 0 Å². The Balaban J connectivity index is 2.14. The smallest absolute Gasteiger partial charge is 0.0790 e. The second kappa shape index (κ2) is 6.15. The highest BCUT2D eigenvalue weighted by molar-refractivity contribution is 5.06. The Hall–Kier alpha value is -0.160. The van der Waals surface area contributed by atoms with E-state index in [2.05, 4.69) is 58.7 Å². The molecule has 0 amide bonds. The van der Waals surface area contributed by atoms with Gasteiger partial charge in [0.2, 0.25) is 0 Å². The molecule has 1 N–H and O–H groups in total. The zero-order valence-corrected chi connectivity index (χ0v) is 14.9. The fourth-order valence-corrected chi connectivity index (χ4v) is 4.12. The Morgan fingerprint density at radius 3 is 2.43 bits per heavy atom. The number of morpholine rings is 1. The van der Waals surface area contributed by atoms with Gasteiger partial charge in [0.25, 0.3) is 0 Å². The summed E-state index contributed by atoms with van der Waals surface area (Å²) in [6, 6.07) is 0.880. The first-order chi connectivity index (χ1) is 9.67. The Kier molecular flexibility index (Phi) is 5.04. The lowest BCUT2D eigenvalue weighted by atomic mass is 9.81. The van der Waals surface area contributed by atoms with Gasteiger partial charge in [-0.05, 0) is 48.1 Å². The summed E-state index contributed by atoms with van der Waals surface area (Å²) in [5.74, 6) is 0.486. The SMILES string of the molecule is CCNC1C(CN2CC(C)OCC2C)C(C)(C)OC1(C)C. The number of nitrogens with zero attached hydrogens (tertiary/aromatic N) is 1. The monoisotopic (exact) mass is 298 g/mol. The maximum Gasteiger partial charge on any atom is 0.0790 e. The minimum absolute atomic E-state index is 0.0996. The fourth-order valence-electron chi connectivity index (χ4n) is 4.12. The van der Waals surface area contributed by atoms with Gasteiger partial charge in [-0.3, -0.25) is 4.90 Å². The van der Waals surface area contributed by atoms with Crippen LogP contribution in [0.1, 0.15) is 48.5 Å². The normalized spacial score (nSPS) is 39.6. The third-order valence-corrected chi connectivity index (χ3v) is 5.16. The molecule has 21 heavy (non-hydrogen) atoms. The van der Waals surface area contributed by atoms with Gasteiger partial charge in [0.1, 0.15) is 0 Å². The highest BCUT2D eigenvalue weighted by Gasteiger charge is 2.54. The first kappa shape index (κ1) is 17.2. The van der Waals surface area contributed by atoms with E-state index in [9.17, 15) is 0 Å². The van der Waals surface area contributed by atoms with E-state index in [0.717, 1.165) is 26.2 Å². The molecule has 0 aliphatic carbocycles. The van der Waals surface area contributed by atoms with Crippen molar-refractivity contribution >= 4 is 0 Å². The first-order valence-corrected chi connectivity index (χ1v) is 8.46. The lowest BCUT2D eigenvalue weighted by Gasteiger charge is -2.41. The van der Waals surface area contributed by atoms with Crippen LogP contribution >= 0.6 is 0 Å². The summed E-state index contributed by atoms with van der Waals surface area (Å²) in [5.41, 5.74) is -0.219. The predicted molar refractivity (Wildman–Crippen MR) is 86.6 cm³/mol. The highest BCUT2D eigenvalue weighted by atomic mass is 16.5. The molecule has 124 valence electrons. The van der Waals surface area contributed by atoms with Crippen LogP contribution in [-0.4, -0.2) is 60.5 Å². The van der Waals surface area contributed by atoms with E-state index in [0.29, 0.717) is 24.1 Å². The molecule has 2 fully saturated rings. The average molecular weight is 298 g/mol. The van der Waals surface area contributed by atoms with Gasteiger partial charge >= 0.3 is 0 Å². The summed E-state index contributed by atoms with van der Waals surface area (Å²) in [6.45, 7) is 19.4. The summed E-state index contributed by atoms with van der Waals surface area (Å²) in [4.78, 5) is 2.58. The number of hydrogen-bond acceptors (Lipinski definition) is 4. The van der Waals surface area contributed by atoms with Crippen molar-refractivity contribution < 1.29 is 9.47 Å². The van der Waals surface area contributed by atoms with Crippen LogP contribution in [0.4, 0.5) is 0 Å². The molecule has 0 aromatic carbocycles. The summed E-state index contributed by atoms with van der Waals surface area (Å²) in [5, 5.41) is 3.67. The molecule has 0 aromatic heterocycles. The second-order valence-electron chi connectivity index (χ2n) is 7.90. The molecule has 0 saturated carbocycles. The molecular formula is C17H34N2O2. The van der Waals surface area contributed by atoms with Crippen LogP contribution in [0.15, 0.2) is 0 Å².